The first-order valence-electron chi connectivity index (χ1n) is 6.10. The van der Waals surface area contributed by atoms with Crippen LogP contribution in [0.15, 0.2) is 24.3 Å². The summed E-state index contributed by atoms with van der Waals surface area (Å²) in [7, 11) is 1.65. The Labute approximate surface area is 116 Å². The molecule has 0 spiro atoms. The van der Waals surface area contributed by atoms with E-state index in [0.717, 1.165) is 29.4 Å². The molecule has 2 aromatic rings. The van der Waals surface area contributed by atoms with E-state index in [4.69, 9.17) is 9.47 Å². The Bertz CT molecular complexity index is 499. The maximum Gasteiger partial charge on any atom is 0.294 e. The van der Waals surface area contributed by atoms with Gasteiger partial charge in [0, 0.05) is 6.54 Å². The summed E-state index contributed by atoms with van der Waals surface area (Å²) < 4.78 is 10.7. The lowest BCUT2D eigenvalue weighted by Gasteiger charge is -2.03. The molecule has 0 bridgehead atoms. The fourth-order valence-electron chi connectivity index (χ4n) is 1.47. The smallest absolute Gasteiger partial charge is 0.294 e. The van der Waals surface area contributed by atoms with Crippen molar-refractivity contribution < 1.29 is 9.47 Å². The van der Waals surface area contributed by atoms with E-state index in [1.54, 1.807) is 7.11 Å². The van der Waals surface area contributed by atoms with Gasteiger partial charge in [0.2, 0.25) is 0 Å². The van der Waals surface area contributed by atoms with E-state index in [2.05, 4.69) is 22.4 Å². The monoisotopic (exact) mass is 279 g/mol. The van der Waals surface area contributed by atoms with Crippen molar-refractivity contribution >= 4 is 11.3 Å². The molecule has 0 unspecified atom stereocenters. The van der Waals surface area contributed by atoms with Crippen molar-refractivity contribution in [1.82, 2.24) is 15.5 Å². The molecule has 0 fully saturated rings. The van der Waals surface area contributed by atoms with Crippen LogP contribution in [0.3, 0.4) is 0 Å². The lowest BCUT2D eigenvalue weighted by molar-refractivity contribution is 0.301. The van der Waals surface area contributed by atoms with Gasteiger partial charge in [-0.05, 0) is 24.2 Å². The van der Waals surface area contributed by atoms with Crippen LogP contribution in [0.5, 0.6) is 10.9 Å². The zero-order valence-corrected chi connectivity index (χ0v) is 11.9. The molecule has 6 heteroatoms. The van der Waals surface area contributed by atoms with Crippen molar-refractivity contribution in [3.8, 4) is 10.9 Å². The number of methoxy groups -OCH3 is 1. The molecular formula is C13H17N3O2S. The van der Waals surface area contributed by atoms with E-state index in [1.165, 1.54) is 11.3 Å². The molecule has 19 heavy (non-hydrogen) atoms. The average Bonchev–Trinajstić information content (AvgIpc) is 2.91. The summed E-state index contributed by atoms with van der Waals surface area (Å²) in [6.07, 6.45) is 0. The minimum atomic E-state index is 0.486. The van der Waals surface area contributed by atoms with E-state index in [1.807, 2.05) is 24.3 Å². The fourth-order valence-corrected chi connectivity index (χ4v) is 2.12. The highest BCUT2D eigenvalue weighted by molar-refractivity contribution is 7.13. The molecule has 1 heterocycles. The van der Waals surface area contributed by atoms with E-state index in [-0.39, 0.29) is 0 Å². The SMILES string of the molecule is CCNCc1nnc(OCc2ccc(OC)cc2)s1. The van der Waals surface area contributed by atoms with Gasteiger partial charge in [-0.1, -0.05) is 35.5 Å². The van der Waals surface area contributed by atoms with Crippen LogP contribution >= 0.6 is 11.3 Å². The van der Waals surface area contributed by atoms with Crippen LogP contribution < -0.4 is 14.8 Å². The van der Waals surface area contributed by atoms with E-state index < -0.39 is 0 Å². The van der Waals surface area contributed by atoms with Crippen LogP contribution in [0.4, 0.5) is 0 Å². The number of nitrogens with zero attached hydrogens (tertiary/aromatic N) is 2. The number of hydrogen-bond donors (Lipinski definition) is 1. The predicted molar refractivity (Wildman–Crippen MR) is 74.6 cm³/mol. The van der Waals surface area contributed by atoms with Gasteiger partial charge < -0.3 is 14.8 Å². The van der Waals surface area contributed by atoms with Gasteiger partial charge >= 0.3 is 0 Å². The Hall–Kier alpha value is -1.66. The van der Waals surface area contributed by atoms with Gasteiger partial charge in [-0.3, -0.25) is 0 Å². The van der Waals surface area contributed by atoms with Gasteiger partial charge in [0.15, 0.2) is 0 Å². The van der Waals surface area contributed by atoms with E-state index in [0.29, 0.717) is 11.8 Å². The van der Waals surface area contributed by atoms with Crippen LogP contribution in [0, 0.1) is 0 Å². The Morgan fingerprint density at radius 2 is 2.00 bits per heavy atom. The topological polar surface area (TPSA) is 56.3 Å². The molecule has 0 saturated carbocycles. The van der Waals surface area contributed by atoms with Gasteiger partial charge in [0.1, 0.15) is 17.4 Å². The van der Waals surface area contributed by atoms with Crippen molar-refractivity contribution in [2.45, 2.75) is 20.1 Å². The number of rotatable bonds is 7. The number of hydrogen-bond acceptors (Lipinski definition) is 6. The Kier molecular flexibility index (Phi) is 5.11. The van der Waals surface area contributed by atoms with Gasteiger partial charge in [0.25, 0.3) is 5.19 Å². The number of benzene rings is 1. The first-order valence-corrected chi connectivity index (χ1v) is 6.92. The normalized spacial score (nSPS) is 10.4. The number of ether oxygens (including phenoxy) is 2. The third kappa shape index (κ3) is 4.18. The second-order valence-corrected chi connectivity index (χ2v) is 4.90. The highest BCUT2D eigenvalue weighted by atomic mass is 32.1. The molecule has 1 aromatic carbocycles. The highest BCUT2D eigenvalue weighted by Crippen LogP contribution is 2.19. The summed E-state index contributed by atoms with van der Waals surface area (Å²) >= 11 is 1.47. The van der Waals surface area contributed by atoms with E-state index >= 15 is 0 Å². The molecule has 0 aliphatic carbocycles. The molecule has 0 aliphatic rings. The second kappa shape index (κ2) is 7.06. The summed E-state index contributed by atoms with van der Waals surface area (Å²) in [5, 5.41) is 12.8. The van der Waals surface area contributed by atoms with Crippen molar-refractivity contribution in [3.63, 3.8) is 0 Å². The minimum absolute atomic E-state index is 0.486. The molecule has 1 aromatic heterocycles. The quantitative estimate of drug-likeness (QED) is 0.842. The molecule has 0 amide bonds. The second-order valence-electron chi connectivity index (χ2n) is 3.88. The summed E-state index contributed by atoms with van der Waals surface area (Å²) in [5.41, 5.74) is 1.07. The van der Waals surface area contributed by atoms with Crippen LogP contribution in [0.25, 0.3) is 0 Å². The molecule has 1 N–H and O–H groups in total. The van der Waals surface area contributed by atoms with E-state index in [9.17, 15) is 0 Å². The van der Waals surface area contributed by atoms with Crippen LogP contribution in [0.2, 0.25) is 0 Å². The number of nitrogens with one attached hydrogen (secondary N) is 1. The Balaban J connectivity index is 1.85. The third-order valence-corrected chi connectivity index (χ3v) is 3.33. The molecular weight excluding hydrogens is 262 g/mol. The maximum atomic E-state index is 5.60. The first-order chi connectivity index (χ1) is 9.31. The zero-order chi connectivity index (χ0) is 13.5. The molecule has 102 valence electrons. The fraction of sp³-hybridized carbons (Fsp3) is 0.385. The van der Waals surface area contributed by atoms with Crippen LogP contribution in [-0.2, 0) is 13.2 Å². The molecule has 0 atom stereocenters. The largest absolute Gasteiger partial charge is 0.497 e. The minimum Gasteiger partial charge on any atom is -0.497 e. The number of aromatic nitrogens is 2. The molecule has 5 nitrogen and oxygen atoms in total. The lowest BCUT2D eigenvalue weighted by atomic mass is 10.2. The maximum absolute atomic E-state index is 5.60. The van der Waals surface area contributed by atoms with Crippen molar-refractivity contribution in [3.05, 3.63) is 34.8 Å². The summed E-state index contributed by atoms with van der Waals surface area (Å²) in [6, 6.07) is 7.77. The van der Waals surface area contributed by atoms with Crippen molar-refractivity contribution in [2.75, 3.05) is 13.7 Å². The molecule has 0 radical (unpaired) electrons. The summed E-state index contributed by atoms with van der Waals surface area (Å²) in [6.45, 7) is 4.20. The Morgan fingerprint density at radius 1 is 1.21 bits per heavy atom. The van der Waals surface area contributed by atoms with Gasteiger partial charge in [0.05, 0.1) is 7.11 Å². The third-order valence-electron chi connectivity index (χ3n) is 2.50. The zero-order valence-electron chi connectivity index (χ0n) is 11.0. The lowest BCUT2D eigenvalue weighted by Crippen LogP contribution is -2.11. The molecule has 0 saturated heterocycles. The molecule has 0 aliphatic heterocycles. The van der Waals surface area contributed by atoms with Crippen LogP contribution in [0.1, 0.15) is 17.5 Å². The first kappa shape index (κ1) is 13.8. The standard InChI is InChI=1S/C13H17N3O2S/c1-3-14-8-12-15-16-13(19-12)18-9-10-4-6-11(17-2)7-5-10/h4-7,14H,3,8-9H2,1-2H3. The highest BCUT2D eigenvalue weighted by Gasteiger charge is 2.05. The summed E-state index contributed by atoms with van der Waals surface area (Å²) in [4.78, 5) is 0. The average molecular weight is 279 g/mol. The van der Waals surface area contributed by atoms with Crippen molar-refractivity contribution in [1.29, 1.82) is 0 Å². The van der Waals surface area contributed by atoms with Gasteiger partial charge in [-0.15, -0.1) is 5.10 Å². The van der Waals surface area contributed by atoms with Gasteiger partial charge in [-0.2, -0.15) is 0 Å². The predicted octanol–water partition coefficient (Wildman–Crippen LogP) is 2.24. The van der Waals surface area contributed by atoms with Crippen molar-refractivity contribution in [2.24, 2.45) is 0 Å². The molecule has 2 rings (SSSR count). The summed E-state index contributed by atoms with van der Waals surface area (Å²) in [5.74, 6) is 0.840. The Morgan fingerprint density at radius 3 is 2.68 bits per heavy atom. The van der Waals surface area contributed by atoms with Gasteiger partial charge in [-0.25, -0.2) is 0 Å². The van der Waals surface area contributed by atoms with Crippen LogP contribution in [-0.4, -0.2) is 23.9 Å².